The smallest absolute Gasteiger partial charge is 0.197 e. The molecule has 1 aliphatic heterocycles. The molecule has 0 saturated carbocycles. The van der Waals surface area contributed by atoms with Crippen molar-refractivity contribution in [2.45, 2.75) is 41.5 Å². The second-order valence-corrected chi connectivity index (χ2v) is 14.5. The van der Waals surface area contributed by atoms with Gasteiger partial charge in [0.2, 0.25) is 0 Å². The zero-order valence-corrected chi connectivity index (χ0v) is 30.3. The largest absolute Gasteiger partial charge is 0.293 e. The van der Waals surface area contributed by atoms with E-state index in [1.54, 1.807) is 6.08 Å². The number of ketones is 2. The number of carbonyl (C=O) groups is 2. The third kappa shape index (κ3) is 4.75. The fourth-order valence-corrected chi connectivity index (χ4v) is 8.72. The summed E-state index contributed by atoms with van der Waals surface area (Å²) in [5, 5.41) is 6.52. The highest BCUT2D eigenvalue weighted by Crippen LogP contribution is 2.55. The zero-order valence-electron chi connectivity index (χ0n) is 30.3. The van der Waals surface area contributed by atoms with Gasteiger partial charge in [0.25, 0.3) is 0 Å². The highest BCUT2D eigenvalue weighted by molar-refractivity contribution is 6.40. The highest BCUT2D eigenvalue weighted by Gasteiger charge is 2.38. The summed E-state index contributed by atoms with van der Waals surface area (Å²) in [5.74, 6) is 0.382. The normalized spacial score (nSPS) is 14.7. The summed E-state index contributed by atoms with van der Waals surface area (Å²) in [5.41, 5.74) is 12.4. The molecule has 0 amide bonds. The van der Waals surface area contributed by atoms with Gasteiger partial charge in [-0.25, -0.2) is 0 Å². The lowest BCUT2D eigenvalue weighted by atomic mass is 9.99. The van der Waals surface area contributed by atoms with Crippen molar-refractivity contribution in [2.75, 3.05) is 9.80 Å². The van der Waals surface area contributed by atoms with Crippen LogP contribution in [0.4, 0.5) is 22.7 Å². The Hall–Kier alpha value is -6.26. The number of anilines is 4. The number of rotatable bonds is 3. The molecule has 0 saturated heterocycles. The first-order valence-electron chi connectivity index (χ1n) is 17.8. The Morgan fingerprint density at radius 2 is 0.904 bits per heavy atom. The van der Waals surface area contributed by atoms with Crippen LogP contribution in [0, 0.1) is 41.5 Å². The first kappa shape index (κ1) is 31.7. The maximum absolute atomic E-state index is 14.0. The van der Waals surface area contributed by atoms with E-state index < -0.39 is 0 Å². The third-order valence-corrected chi connectivity index (χ3v) is 10.7. The van der Waals surface area contributed by atoms with Gasteiger partial charge in [-0.15, -0.1) is 0 Å². The molecule has 4 nitrogen and oxygen atoms in total. The van der Waals surface area contributed by atoms with Gasteiger partial charge in [0.05, 0.1) is 28.3 Å². The average molecular weight is 675 g/mol. The molecular weight excluding hydrogens is 637 g/mol. The number of aryl methyl sites for hydroxylation is 6. The molecule has 0 fully saturated rings. The van der Waals surface area contributed by atoms with Gasteiger partial charge in [-0.1, -0.05) is 90.0 Å². The number of benzene rings is 7. The third-order valence-electron chi connectivity index (χ3n) is 10.7. The number of hydrogen-bond donors (Lipinski definition) is 0. The Bertz CT molecular complexity index is 2700. The minimum Gasteiger partial charge on any atom is -0.293 e. The Morgan fingerprint density at radius 1 is 0.442 bits per heavy atom. The average Bonchev–Trinajstić information content (AvgIpc) is 3.54. The lowest BCUT2D eigenvalue weighted by Gasteiger charge is -2.30. The maximum atomic E-state index is 14.0. The Kier molecular flexibility index (Phi) is 7.10. The quantitative estimate of drug-likeness (QED) is 0.106. The van der Waals surface area contributed by atoms with E-state index in [1.807, 2.05) is 42.5 Å². The van der Waals surface area contributed by atoms with Gasteiger partial charge in [0.1, 0.15) is 5.82 Å². The van der Waals surface area contributed by atoms with Gasteiger partial charge in [-0.2, -0.15) is 0 Å². The topological polar surface area (TPSA) is 40.6 Å². The molecule has 1 aliphatic carbocycles. The minimum absolute atomic E-state index is 0.180. The molecule has 252 valence electrons. The van der Waals surface area contributed by atoms with Crippen LogP contribution < -0.4 is 9.80 Å². The van der Waals surface area contributed by atoms with E-state index in [2.05, 4.69) is 124 Å². The molecule has 7 aromatic rings. The van der Waals surface area contributed by atoms with Gasteiger partial charge in [-0.3, -0.25) is 19.4 Å². The van der Waals surface area contributed by atoms with Crippen molar-refractivity contribution in [2.24, 2.45) is 0 Å². The second kappa shape index (κ2) is 11.6. The van der Waals surface area contributed by atoms with Gasteiger partial charge in [0.15, 0.2) is 11.6 Å². The van der Waals surface area contributed by atoms with Gasteiger partial charge in [-0.05, 0) is 133 Å². The van der Waals surface area contributed by atoms with Crippen LogP contribution in [-0.4, -0.2) is 11.6 Å². The molecule has 52 heavy (non-hydrogen) atoms. The summed E-state index contributed by atoms with van der Waals surface area (Å²) in [7, 11) is 0. The van der Waals surface area contributed by atoms with Crippen molar-refractivity contribution in [3.8, 4) is 0 Å². The summed E-state index contributed by atoms with van der Waals surface area (Å²) in [4.78, 5) is 32.7. The highest BCUT2D eigenvalue weighted by atomic mass is 16.2. The fourth-order valence-electron chi connectivity index (χ4n) is 8.72. The van der Waals surface area contributed by atoms with Gasteiger partial charge in [0, 0.05) is 16.5 Å². The molecular formula is C48H38N2O2. The number of Topliss-reactive ketones (excluding diaryl/α,β-unsaturated/α-hetero) is 2. The lowest BCUT2D eigenvalue weighted by molar-refractivity contribution is 0.0988. The van der Waals surface area contributed by atoms with E-state index in [9.17, 15) is 9.59 Å². The summed E-state index contributed by atoms with van der Waals surface area (Å²) >= 11 is 0. The van der Waals surface area contributed by atoms with Crippen molar-refractivity contribution in [3.05, 3.63) is 177 Å². The summed E-state index contributed by atoms with van der Waals surface area (Å²) in [6.45, 7) is 12.9. The Labute approximate surface area is 303 Å². The number of hydrogen-bond acceptors (Lipinski definition) is 4. The van der Waals surface area contributed by atoms with Crippen LogP contribution in [0.3, 0.4) is 0 Å². The van der Waals surface area contributed by atoms with Crippen molar-refractivity contribution in [3.63, 3.8) is 0 Å². The fraction of sp³-hybridized carbons (Fsp3) is 0.125. The number of nitrogens with zero attached hydrogens (tertiary/aromatic N) is 2. The Balaban J connectivity index is 1.36. The van der Waals surface area contributed by atoms with Gasteiger partial charge >= 0.3 is 0 Å². The number of carbonyl (C=O) groups excluding carboxylic acids is 2. The monoisotopic (exact) mass is 674 g/mol. The predicted molar refractivity (Wildman–Crippen MR) is 216 cm³/mol. The van der Waals surface area contributed by atoms with Crippen molar-refractivity contribution in [1.29, 1.82) is 0 Å². The molecule has 0 spiro atoms. The van der Waals surface area contributed by atoms with Crippen molar-refractivity contribution in [1.82, 2.24) is 0 Å². The standard InChI is InChI=1S/C48H38N2O2/c1-27-19-29(3)44(30(4)20-27)49-42-17-15-37-23-33-11-7-8-12-34(33)24-39(37)46(42)50(45-31(5)21-28(2)22-32(45)6)43(49)18-16-38-47(51)40-25-35-13-9-10-14-36(35)26-41(40)48(38)52/h7-26H,1-6H3/b43-18-. The van der Waals surface area contributed by atoms with Gasteiger partial charge < -0.3 is 0 Å². The molecule has 7 aromatic carbocycles. The molecule has 0 unspecified atom stereocenters. The predicted octanol–water partition coefficient (Wildman–Crippen LogP) is 12.1. The minimum atomic E-state index is -0.237. The van der Waals surface area contributed by atoms with Crippen molar-refractivity contribution < 1.29 is 9.59 Å². The molecule has 0 atom stereocenters. The zero-order chi connectivity index (χ0) is 36.0. The number of allylic oxidation sites excluding steroid dienone is 3. The van der Waals surface area contributed by atoms with E-state index in [1.165, 1.54) is 21.9 Å². The lowest BCUT2D eigenvalue weighted by Crippen LogP contribution is -2.24. The summed E-state index contributed by atoms with van der Waals surface area (Å²) in [6, 6.07) is 38.0. The van der Waals surface area contributed by atoms with Crippen molar-refractivity contribution >= 4 is 66.6 Å². The Morgan fingerprint density at radius 3 is 1.42 bits per heavy atom. The summed E-state index contributed by atoms with van der Waals surface area (Å²) in [6.07, 6.45) is 3.74. The first-order valence-corrected chi connectivity index (χ1v) is 17.8. The molecule has 2 aliphatic rings. The van der Waals surface area contributed by atoms with E-state index in [0.29, 0.717) is 11.1 Å². The van der Waals surface area contributed by atoms with Crippen LogP contribution in [0.25, 0.3) is 32.3 Å². The molecule has 0 radical (unpaired) electrons. The van der Waals surface area contributed by atoms with Crippen LogP contribution in [0.5, 0.6) is 0 Å². The first-order chi connectivity index (χ1) is 25.1. The van der Waals surface area contributed by atoms with Crippen LogP contribution >= 0.6 is 0 Å². The van der Waals surface area contributed by atoms with E-state index in [0.717, 1.165) is 72.4 Å². The van der Waals surface area contributed by atoms with Crippen LogP contribution in [-0.2, 0) is 0 Å². The maximum Gasteiger partial charge on any atom is 0.197 e. The molecule has 9 rings (SSSR count). The summed E-state index contributed by atoms with van der Waals surface area (Å²) < 4.78 is 0. The molecule has 4 heteroatoms. The van der Waals surface area contributed by atoms with E-state index in [4.69, 9.17) is 0 Å². The van der Waals surface area contributed by atoms with Crippen LogP contribution in [0.15, 0.2) is 133 Å². The second-order valence-electron chi connectivity index (χ2n) is 14.5. The molecule has 0 bridgehead atoms. The van der Waals surface area contributed by atoms with E-state index in [-0.39, 0.29) is 17.1 Å². The molecule has 0 aromatic heterocycles. The molecule has 0 N–H and O–H groups in total. The van der Waals surface area contributed by atoms with Crippen LogP contribution in [0.2, 0.25) is 0 Å². The van der Waals surface area contributed by atoms with Crippen LogP contribution in [0.1, 0.15) is 54.1 Å². The molecule has 1 heterocycles. The SMILES string of the molecule is Cc1cc(C)c(N2/C(=C/C=C3C(=O)c4cc5ccccc5cc4C3=O)N(c3c(C)cc(C)cc3C)c3c2ccc2cc4ccccc4cc32)c(C)c1. The van der Waals surface area contributed by atoms with E-state index >= 15 is 0 Å². The number of fused-ring (bicyclic) bond motifs is 6.